The summed E-state index contributed by atoms with van der Waals surface area (Å²) in [7, 11) is 0. The number of benzene rings is 2. The van der Waals surface area contributed by atoms with Crippen molar-refractivity contribution in [2.45, 2.75) is 51.7 Å². The first kappa shape index (κ1) is 29.3. The minimum atomic E-state index is -1.14. The maximum Gasteiger partial charge on any atom is 0.411 e. The number of ether oxygens (including phenoxy) is 1. The molecule has 0 saturated heterocycles. The van der Waals surface area contributed by atoms with E-state index < -0.39 is 24.1 Å². The zero-order valence-electron chi connectivity index (χ0n) is 22.7. The van der Waals surface area contributed by atoms with Gasteiger partial charge in [0.1, 0.15) is 5.69 Å². The Morgan fingerprint density at radius 3 is 2.52 bits per heavy atom. The zero-order chi connectivity index (χ0) is 28.6. The normalized spacial score (nSPS) is 18.4. The van der Waals surface area contributed by atoms with Crippen molar-refractivity contribution >= 4 is 35.1 Å². The molecule has 2 atom stereocenters. The lowest BCUT2D eigenvalue weighted by Gasteiger charge is -2.28. The van der Waals surface area contributed by atoms with E-state index in [-0.39, 0.29) is 5.82 Å². The monoisotopic (exact) mass is 565 g/mol. The van der Waals surface area contributed by atoms with Crippen molar-refractivity contribution in [1.29, 1.82) is 5.41 Å². The van der Waals surface area contributed by atoms with Crippen LogP contribution in [-0.2, 0) is 4.74 Å². The lowest BCUT2D eigenvalue weighted by molar-refractivity contribution is 0.149. The minimum absolute atomic E-state index is 0.150. The summed E-state index contributed by atoms with van der Waals surface area (Å²) in [5.74, 6) is 0.776. The highest BCUT2D eigenvalue weighted by Crippen LogP contribution is 2.35. The van der Waals surface area contributed by atoms with Crippen molar-refractivity contribution < 1.29 is 14.6 Å². The number of aliphatic hydroxyl groups excluding tert-OH is 1. The van der Waals surface area contributed by atoms with Gasteiger partial charge in [-0.15, -0.1) is 0 Å². The molecule has 7 N–H and O–H groups in total. The highest BCUT2D eigenvalue weighted by Gasteiger charge is 2.24. The van der Waals surface area contributed by atoms with Gasteiger partial charge < -0.3 is 26.3 Å². The Kier molecular flexibility index (Phi) is 9.92. The van der Waals surface area contributed by atoms with Gasteiger partial charge in [0.05, 0.1) is 17.8 Å². The predicted molar refractivity (Wildman–Crippen MR) is 157 cm³/mol. The van der Waals surface area contributed by atoms with Crippen LogP contribution in [-0.4, -0.2) is 39.7 Å². The van der Waals surface area contributed by atoms with Gasteiger partial charge in [0.2, 0.25) is 5.82 Å². The zero-order valence-corrected chi connectivity index (χ0v) is 23.4. The summed E-state index contributed by atoms with van der Waals surface area (Å²) in [6, 6.07) is 16.2. The number of anilines is 2. The maximum atomic E-state index is 11.4. The molecule has 4 rings (SSSR count). The van der Waals surface area contributed by atoms with Crippen LogP contribution in [0.4, 0.5) is 16.3 Å². The second-order valence-corrected chi connectivity index (χ2v) is 10.7. The smallest absolute Gasteiger partial charge is 0.391 e. The summed E-state index contributed by atoms with van der Waals surface area (Å²) >= 11 is 6.33. The standard InChI is InChI=1S/C29H36ClN7O3/c1-17-11-13-19(14-12-17)16-33-25-24(21-9-6-10-22(30)15-21)34-28(26(31)40-29(32)39)35-27(25)37-36-23(18(2)38)20-7-4-3-5-8-20/h3-10,15,17-19,23,31,33,36,38H,11-14,16H2,1-2H3,(H2,32,39)(H,34,35,37)/t17-,18-,19-,23-/m0/s1. The minimum Gasteiger partial charge on any atom is -0.391 e. The second-order valence-electron chi connectivity index (χ2n) is 10.3. The lowest BCUT2D eigenvalue weighted by Crippen LogP contribution is -2.35. The number of carbonyl (C=O) groups is 1. The summed E-state index contributed by atoms with van der Waals surface area (Å²) in [6.45, 7) is 4.68. The number of primary amides is 1. The van der Waals surface area contributed by atoms with E-state index in [1.165, 1.54) is 12.8 Å². The molecule has 1 amide bonds. The predicted octanol–water partition coefficient (Wildman–Crippen LogP) is 5.49. The van der Waals surface area contributed by atoms with Crippen LogP contribution in [0.25, 0.3) is 11.3 Å². The number of aromatic nitrogens is 2. The fraction of sp³-hybridized carbons (Fsp3) is 0.379. The van der Waals surface area contributed by atoms with Gasteiger partial charge in [0.25, 0.3) is 5.90 Å². The van der Waals surface area contributed by atoms with Gasteiger partial charge in [0.15, 0.2) is 5.82 Å². The number of hydrogen-bond donors (Lipinski definition) is 6. The molecule has 1 heterocycles. The van der Waals surface area contributed by atoms with E-state index in [4.69, 9.17) is 27.5 Å². The number of halogens is 1. The SMILES string of the molecule is C[C@H](O)[C@H](NNc1nc(C(=N)OC(N)=O)nc(-c2cccc(Cl)c2)c1NC[C@H]1CC[C@H](C)CC1)c1ccccc1. The third-order valence-electron chi connectivity index (χ3n) is 7.10. The molecule has 1 aliphatic carbocycles. The third kappa shape index (κ3) is 7.68. The summed E-state index contributed by atoms with van der Waals surface area (Å²) in [5, 5.41) is 22.8. The Balaban J connectivity index is 1.75. The summed E-state index contributed by atoms with van der Waals surface area (Å²) in [5.41, 5.74) is 14.1. The highest BCUT2D eigenvalue weighted by atomic mass is 35.5. The summed E-state index contributed by atoms with van der Waals surface area (Å²) < 4.78 is 4.81. The molecule has 212 valence electrons. The molecule has 1 saturated carbocycles. The van der Waals surface area contributed by atoms with Gasteiger partial charge in [-0.2, -0.15) is 0 Å². The molecule has 1 aliphatic rings. The van der Waals surface area contributed by atoms with Crippen LogP contribution in [0.15, 0.2) is 54.6 Å². The van der Waals surface area contributed by atoms with Crippen molar-refractivity contribution in [3.63, 3.8) is 0 Å². The number of hydrazine groups is 1. The van der Waals surface area contributed by atoms with Crippen molar-refractivity contribution in [2.24, 2.45) is 17.6 Å². The number of nitrogens with one attached hydrogen (secondary N) is 4. The molecule has 0 unspecified atom stereocenters. The Hall–Kier alpha value is -3.73. The van der Waals surface area contributed by atoms with E-state index in [9.17, 15) is 9.90 Å². The second kappa shape index (κ2) is 13.6. The van der Waals surface area contributed by atoms with E-state index in [0.29, 0.717) is 40.2 Å². The van der Waals surface area contributed by atoms with E-state index >= 15 is 0 Å². The first-order valence-electron chi connectivity index (χ1n) is 13.4. The van der Waals surface area contributed by atoms with Gasteiger partial charge >= 0.3 is 6.09 Å². The van der Waals surface area contributed by atoms with Crippen LogP contribution in [0.2, 0.25) is 5.02 Å². The number of nitrogens with zero attached hydrogens (tertiary/aromatic N) is 2. The summed E-state index contributed by atoms with van der Waals surface area (Å²) in [4.78, 5) is 20.5. The molecule has 2 aromatic carbocycles. The molecule has 1 fully saturated rings. The molecule has 3 aromatic rings. The number of rotatable bonds is 10. The van der Waals surface area contributed by atoms with Gasteiger partial charge in [-0.3, -0.25) is 5.41 Å². The fourth-order valence-corrected chi connectivity index (χ4v) is 5.07. The van der Waals surface area contributed by atoms with Crippen LogP contribution < -0.4 is 21.9 Å². The molecule has 0 radical (unpaired) electrons. The Morgan fingerprint density at radius 2 is 1.88 bits per heavy atom. The van der Waals surface area contributed by atoms with Crippen LogP contribution >= 0.6 is 11.6 Å². The lowest BCUT2D eigenvalue weighted by atomic mass is 9.83. The van der Waals surface area contributed by atoms with E-state index in [1.807, 2.05) is 36.4 Å². The van der Waals surface area contributed by atoms with Crippen LogP contribution in [0.1, 0.15) is 57.0 Å². The fourth-order valence-electron chi connectivity index (χ4n) is 4.88. The molecule has 40 heavy (non-hydrogen) atoms. The average molecular weight is 566 g/mol. The molecule has 0 aliphatic heterocycles. The molecule has 0 spiro atoms. The molecule has 1 aromatic heterocycles. The number of aliphatic hydroxyl groups is 1. The first-order chi connectivity index (χ1) is 19.2. The number of amides is 1. The Bertz CT molecular complexity index is 1310. The Labute approximate surface area is 239 Å². The third-order valence-corrected chi connectivity index (χ3v) is 7.34. The van der Waals surface area contributed by atoms with E-state index in [1.54, 1.807) is 25.1 Å². The van der Waals surface area contributed by atoms with Crippen LogP contribution in [0.3, 0.4) is 0 Å². The van der Waals surface area contributed by atoms with Crippen molar-refractivity contribution in [3.8, 4) is 11.3 Å². The quantitative estimate of drug-likeness (QED) is 0.107. The number of nitrogens with two attached hydrogens (primary N) is 1. The van der Waals surface area contributed by atoms with Crippen molar-refractivity contribution in [1.82, 2.24) is 15.4 Å². The van der Waals surface area contributed by atoms with Gasteiger partial charge in [-0.1, -0.05) is 73.8 Å². The maximum absolute atomic E-state index is 11.4. The molecule has 11 heteroatoms. The van der Waals surface area contributed by atoms with Crippen LogP contribution in [0.5, 0.6) is 0 Å². The number of carbonyl (C=O) groups excluding carboxylic acids is 1. The molecule has 0 bridgehead atoms. The average Bonchev–Trinajstić information content (AvgIpc) is 2.93. The van der Waals surface area contributed by atoms with E-state index in [2.05, 4.69) is 33.1 Å². The number of hydrogen-bond acceptors (Lipinski definition) is 9. The van der Waals surface area contributed by atoms with Gasteiger partial charge in [-0.05, 0) is 49.3 Å². The summed E-state index contributed by atoms with van der Waals surface area (Å²) in [6.07, 6.45) is 2.72. The van der Waals surface area contributed by atoms with E-state index in [0.717, 1.165) is 24.3 Å². The first-order valence-corrected chi connectivity index (χ1v) is 13.8. The molecular weight excluding hydrogens is 530 g/mol. The largest absolute Gasteiger partial charge is 0.411 e. The molecule has 10 nitrogen and oxygen atoms in total. The van der Waals surface area contributed by atoms with Gasteiger partial charge in [-0.25, -0.2) is 20.2 Å². The van der Waals surface area contributed by atoms with Crippen molar-refractivity contribution in [3.05, 3.63) is 71.0 Å². The topological polar surface area (TPSA) is 158 Å². The Morgan fingerprint density at radius 1 is 1.15 bits per heavy atom. The van der Waals surface area contributed by atoms with Crippen LogP contribution in [0, 0.1) is 17.2 Å². The highest BCUT2D eigenvalue weighted by molar-refractivity contribution is 6.30. The van der Waals surface area contributed by atoms with Gasteiger partial charge in [0, 0.05) is 17.1 Å². The molecular formula is C29H36ClN7O3. The van der Waals surface area contributed by atoms with Crippen molar-refractivity contribution in [2.75, 3.05) is 17.3 Å².